The molecule has 1 aromatic carbocycles. The number of ether oxygens (including phenoxy) is 1. The van der Waals surface area contributed by atoms with E-state index in [2.05, 4.69) is 15.9 Å². The SMILES string of the molecule is COc1c(O)ccc(Br)c1C(N)C(=O)O. The highest BCUT2D eigenvalue weighted by Crippen LogP contribution is 2.38. The number of rotatable bonds is 3. The highest BCUT2D eigenvalue weighted by molar-refractivity contribution is 9.10. The summed E-state index contributed by atoms with van der Waals surface area (Å²) in [6.45, 7) is 0. The number of carboxylic acids is 1. The second-order valence-electron chi connectivity index (χ2n) is 2.83. The molecule has 0 aromatic heterocycles. The minimum atomic E-state index is -1.25. The van der Waals surface area contributed by atoms with E-state index < -0.39 is 12.0 Å². The van der Waals surface area contributed by atoms with Crippen LogP contribution in [0.4, 0.5) is 0 Å². The molecule has 0 saturated carbocycles. The Balaban J connectivity index is 3.37. The molecule has 0 heterocycles. The average Bonchev–Trinajstić information content (AvgIpc) is 2.19. The first-order valence-corrected chi connectivity index (χ1v) is 4.82. The maximum absolute atomic E-state index is 10.7. The molecule has 0 spiro atoms. The summed E-state index contributed by atoms with van der Waals surface area (Å²) in [5.74, 6) is -1.27. The summed E-state index contributed by atoms with van der Waals surface area (Å²) in [6, 6.07) is 1.65. The van der Waals surface area contributed by atoms with Gasteiger partial charge in [0.25, 0.3) is 0 Å². The first kappa shape index (κ1) is 11.8. The number of aromatic hydroxyl groups is 1. The quantitative estimate of drug-likeness (QED) is 0.772. The lowest BCUT2D eigenvalue weighted by Crippen LogP contribution is -2.21. The lowest BCUT2D eigenvalue weighted by molar-refractivity contribution is -0.138. The molecule has 0 amide bonds. The van der Waals surface area contributed by atoms with E-state index in [1.807, 2.05) is 0 Å². The van der Waals surface area contributed by atoms with Crippen molar-refractivity contribution >= 4 is 21.9 Å². The molecule has 15 heavy (non-hydrogen) atoms. The minimum absolute atomic E-state index is 0.0688. The molecule has 1 rings (SSSR count). The fourth-order valence-corrected chi connectivity index (χ4v) is 1.75. The van der Waals surface area contributed by atoms with Gasteiger partial charge < -0.3 is 20.7 Å². The van der Waals surface area contributed by atoms with E-state index in [0.717, 1.165) is 0 Å². The molecular weight excluding hydrogens is 266 g/mol. The van der Waals surface area contributed by atoms with E-state index in [1.54, 1.807) is 0 Å². The number of phenols is 1. The van der Waals surface area contributed by atoms with Gasteiger partial charge in [0, 0.05) is 10.0 Å². The van der Waals surface area contributed by atoms with Gasteiger partial charge in [-0.05, 0) is 12.1 Å². The van der Waals surface area contributed by atoms with Crippen LogP contribution in [0.5, 0.6) is 11.5 Å². The third kappa shape index (κ3) is 2.21. The summed E-state index contributed by atoms with van der Waals surface area (Å²) in [5.41, 5.74) is 5.68. The number of carbonyl (C=O) groups is 1. The largest absolute Gasteiger partial charge is 0.504 e. The van der Waals surface area contributed by atoms with Gasteiger partial charge in [-0.1, -0.05) is 15.9 Å². The fourth-order valence-electron chi connectivity index (χ4n) is 1.19. The third-order valence-electron chi connectivity index (χ3n) is 1.90. The van der Waals surface area contributed by atoms with Gasteiger partial charge in [0.2, 0.25) is 0 Å². The number of aliphatic carboxylic acids is 1. The van der Waals surface area contributed by atoms with Crippen LogP contribution in [0.25, 0.3) is 0 Å². The van der Waals surface area contributed by atoms with E-state index in [0.29, 0.717) is 4.47 Å². The summed E-state index contributed by atoms with van der Waals surface area (Å²) < 4.78 is 5.38. The van der Waals surface area contributed by atoms with Crippen molar-refractivity contribution in [2.24, 2.45) is 5.73 Å². The van der Waals surface area contributed by atoms with Crippen molar-refractivity contribution < 1.29 is 19.7 Å². The second-order valence-corrected chi connectivity index (χ2v) is 3.68. The molecule has 0 radical (unpaired) electrons. The van der Waals surface area contributed by atoms with E-state index in [-0.39, 0.29) is 17.1 Å². The van der Waals surface area contributed by atoms with Crippen LogP contribution in [0.15, 0.2) is 16.6 Å². The predicted octanol–water partition coefficient (Wildman–Crippen LogP) is 1.25. The van der Waals surface area contributed by atoms with Crippen molar-refractivity contribution in [1.82, 2.24) is 0 Å². The molecule has 0 aliphatic heterocycles. The van der Waals surface area contributed by atoms with Crippen LogP contribution in [0.2, 0.25) is 0 Å². The number of benzene rings is 1. The van der Waals surface area contributed by atoms with Crippen LogP contribution in [-0.2, 0) is 4.79 Å². The van der Waals surface area contributed by atoms with Gasteiger partial charge in [-0.25, -0.2) is 0 Å². The number of nitrogens with two attached hydrogens (primary N) is 1. The lowest BCUT2D eigenvalue weighted by Gasteiger charge is -2.15. The Labute approximate surface area is 94.6 Å². The Hall–Kier alpha value is -1.27. The molecule has 4 N–H and O–H groups in total. The first-order chi connectivity index (χ1) is 6.99. The minimum Gasteiger partial charge on any atom is -0.504 e. The normalized spacial score (nSPS) is 12.2. The Morgan fingerprint density at radius 1 is 1.60 bits per heavy atom. The molecule has 0 saturated heterocycles. The van der Waals surface area contributed by atoms with Crippen molar-refractivity contribution in [1.29, 1.82) is 0 Å². The van der Waals surface area contributed by atoms with Crippen molar-refractivity contribution in [3.05, 3.63) is 22.2 Å². The van der Waals surface area contributed by atoms with Crippen LogP contribution in [0, 0.1) is 0 Å². The highest BCUT2D eigenvalue weighted by atomic mass is 79.9. The second kappa shape index (κ2) is 4.50. The van der Waals surface area contributed by atoms with Gasteiger partial charge in [-0.2, -0.15) is 0 Å². The van der Waals surface area contributed by atoms with Crippen LogP contribution >= 0.6 is 15.9 Å². The van der Waals surface area contributed by atoms with Gasteiger partial charge in [0.1, 0.15) is 6.04 Å². The van der Waals surface area contributed by atoms with E-state index in [4.69, 9.17) is 15.6 Å². The molecule has 0 bridgehead atoms. The lowest BCUT2D eigenvalue weighted by atomic mass is 10.1. The van der Waals surface area contributed by atoms with Crippen molar-refractivity contribution in [2.45, 2.75) is 6.04 Å². The Morgan fingerprint density at radius 3 is 2.67 bits per heavy atom. The first-order valence-electron chi connectivity index (χ1n) is 4.02. The summed E-state index contributed by atoms with van der Waals surface area (Å²) in [7, 11) is 1.33. The standard InChI is InChI=1S/C9H10BrNO4/c1-15-8-5(12)3-2-4(10)6(8)7(11)9(13)14/h2-3,7,12H,11H2,1H3,(H,13,14). The highest BCUT2D eigenvalue weighted by Gasteiger charge is 2.23. The summed E-state index contributed by atoms with van der Waals surface area (Å²) in [4.78, 5) is 10.7. The molecule has 1 atom stereocenters. The van der Waals surface area contributed by atoms with Crippen LogP contribution < -0.4 is 10.5 Å². The van der Waals surface area contributed by atoms with Crippen molar-refractivity contribution in [2.75, 3.05) is 7.11 Å². The number of carboxylic acid groups (broad SMARTS) is 1. The topological polar surface area (TPSA) is 92.8 Å². The van der Waals surface area contributed by atoms with Crippen molar-refractivity contribution in [3.63, 3.8) is 0 Å². The zero-order chi connectivity index (χ0) is 11.6. The Bertz CT molecular complexity index is 394. The number of hydrogen-bond donors (Lipinski definition) is 3. The van der Waals surface area contributed by atoms with Gasteiger partial charge in [-0.3, -0.25) is 4.79 Å². The summed E-state index contributed by atoms with van der Waals surface area (Å²) >= 11 is 3.16. The number of phenolic OH excluding ortho intramolecular Hbond substituents is 1. The van der Waals surface area contributed by atoms with E-state index >= 15 is 0 Å². The monoisotopic (exact) mass is 275 g/mol. The number of halogens is 1. The Kier molecular flexibility index (Phi) is 3.54. The molecule has 1 unspecified atom stereocenters. The maximum atomic E-state index is 10.7. The van der Waals surface area contributed by atoms with Gasteiger partial charge in [0.05, 0.1) is 7.11 Å². The summed E-state index contributed by atoms with van der Waals surface area (Å²) in [5, 5.41) is 18.2. The van der Waals surface area contributed by atoms with E-state index in [9.17, 15) is 9.90 Å². The molecule has 6 heteroatoms. The summed E-state index contributed by atoms with van der Waals surface area (Å²) in [6.07, 6.45) is 0. The molecule has 0 aliphatic rings. The molecule has 0 fully saturated rings. The molecule has 0 aliphatic carbocycles. The van der Waals surface area contributed by atoms with Gasteiger partial charge in [-0.15, -0.1) is 0 Å². The van der Waals surface area contributed by atoms with Gasteiger partial charge in [0.15, 0.2) is 11.5 Å². The number of hydrogen-bond acceptors (Lipinski definition) is 4. The predicted molar refractivity (Wildman–Crippen MR) is 56.9 cm³/mol. The van der Waals surface area contributed by atoms with Crippen LogP contribution in [0.3, 0.4) is 0 Å². The zero-order valence-electron chi connectivity index (χ0n) is 7.90. The fraction of sp³-hybridized carbons (Fsp3) is 0.222. The van der Waals surface area contributed by atoms with Crippen LogP contribution in [0.1, 0.15) is 11.6 Å². The smallest absolute Gasteiger partial charge is 0.325 e. The van der Waals surface area contributed by atoms with Crippen molar-refractivity contribution in [3.8, 4) is 11.5 Å². The number of methoxy groups -OCH3 is 1. The third-order valence-corrected chi connectivity index (χ3v) is 2.59. The Morgan fingerprint density at radius 2 is 2.20 bits per heavy atom. The zero-order valence-corrected chi connectivity index (χ0v) is 9.48. The van der Waals surface area contributed by atoms with E-state index in [1.165, 1.54) is 19.2 Å². The average molecular weight is 276 g/mol. The van der Waals surface area contributed by atoms with Crippen LogP contribution in [-0.4, -0.2) is 23.3 Å². The molecule has 5 nitrogen and oxygen atoms in total. The molecule has 1 aromatic rings. The van der Waals surface area contributed by atoms with Gasteiger partial charge >= 0.3 is 5.97 Å². The molecular formula is C9H10BrNO4. The maximum Gasteiger partial charge on any atom is 0.325 e. The molecule has 82 valence electrons.